The van der Waals surface area contributed by atoms with Gasteiger partial charge in [-0.1, -0.05) is 18.2 Å². The lowest BCUT2D eigenvalue weighted by atomic mass is 9.80. The summed E-state index contributed by atoms with van der Waals surface area (Å²) < 4.78 is 36.0. The smallest absolute Gasteiger partial charge is 0.203 e. The Balaban J connectivity index is 2.30. The highest BCUT2D eigenvalue weighted by Gasteiger charge is 2.55. The molecule has 1 aliphatic heterocycles. The summed E-state index contributed by atoms with van der Waals surface area (Å²) in [4.78, 5) is 0. The van der Waals surface area contributed by atoms with Crippen molar-refractivity contribution in [3.63, 3.8) is 0 Å². The van der Waals surface area contributed by atoms with Crippen molar-refractivity contribution >= 4 is 22.6 Å². The average molecular weight is 530 g/mol. The van der Waals surface area contributed by atoms with Gasteiger partial charge < -0.3 is 33.5 Å². The summed E-state index contributed by atoms with van der Waals surface area (Å²) in [6, 6.07) is 11.7. The van der Waals surface area contributed by atoms with Gasteiger partial charge in [-0.05, 0) is 46.4 Å². The zero-order chi connectivity index (χ0) is 21.7. The summed E-state index contributed by atoms with van der Waals surface area (Å²) in [6.45, 7) is 0.377. The number of aliphatic hydroxyl groups excluding tert-OH is 1. The highest BCUT2D eigenvalue weighted by molar-refractivity contribution is 14.1. The van der Waals surface area contributed by atoms with Crippen molar-refractivity contribution in [1.82, 2.24) is 0 Å². The van der Waals surface area contributed by atoms with E-state index in [-0.39, 0.29) is 19.3 Å². The minimum absolute atomic E-state index is 0.107. The Morgan fingerprint density at radius 3 is 2.27 bits per heavy atom. The number of methoxy groups -OCH3 is 4. The fourth-order valence-electron chi connectivity index (χ4n) is 3.93. The Labute approximate surface area is 190 Å². The van der Waals surface area contributed by atoms with E-state index in [1.54, 1.807) is 28.4 Å². The SMILES string of the molecule is COc1cc(C2(c3ccccc3I)OCC(OC)C2OCCO)cc(OC)c1OC. The van der Waals surface area contributed by atoms with E-state index < -0.39 is 11.7 Å². The molecule has 3 atom stereocenters. The Kier molecular flexibility index (Phi) is 7.81. The number of rotatable bonds is 9. The molecule has 7 nitrogen and oxygen atoms in total. The molecule has 0 spiro atoms. The molecule has 3 unspecified atom stereocenters. The summed E-state index contributed by atoms with van der Waals surface area (Å²) >= 11 is 2.29. The minimum Gasteiger partial charge on any atom is -0.493 e. The van der Waals surface area contributed by atoms with Gasteiger partial charge in [0.05, 0.1) is 41.2 Å². The van der Waals surface area contributed by atoms with Crippen LogP contribution >= 0.6 is 22.6 Å². The lowest BCUT2D eigenvalue weighted by Crippen LogP contribution is -2.45. The van der Waals surface area contributed by atoms with Gasteiger partial charge in [0.15, 0.2) is 11.5 Å². The molecule has 1 saturated heterocycles. The normalized spacial score (nSPS) is 23.4. The lowest BCUT2D eigenvalue weighted by Gasteiger charge is -2.37. The standard InChI is InChI=1S/C22H27IO7/c1-25-17-11-14(12-18(26-2)20(17)28-4)22(15-7-5-6-8-16(15)23)21(29-10-9-24)19(27-3)13-30-22/h5-8,11-12,19,21,24H,9-10,13H2,1-4H3. The number of ether oxygens (including phenoxy) is 6. The fourth-order valence-corrected chi connectivity index (χ4v) is 4.72. The van der Waals surface area contributed by atoms with E-state index in [0.717, 1.165) is 14.7 Å². The average Bonchev–Trinajstić information content (AvgIpc) is 3.15. The van der Waals surface area contributed by atoms with Gasteiger partial charge in [-0.3, -0.25) is 0 Å². The van der Waals surface area contributed by atoms with E-state index in [4.69, 9.17) is 28.4 Å². The van der Waals surface area contributed by atoms with Crippen molar-refractivity contribution in [2.24, 2.45) is 0 Å². The van der Waals surface area contributed by atoms with Crippen LogP contribution in [0.4, 0.5) is 0 Å². The Bertz CT molecular complexity index is 834. The Morgan fingerprint density at radius 2 is 1.73 bits per heavy atom. The molecular weight excluding hydrogens is 503 g/mol. The summed E-state index contributed by atoms with van der Waals surface area (Å²) in [5.41, 5.74) is 0.714. The van der Waals surface area contributed by atoms with E-state index in [9.17, 15) is 5.11 Å². The number of hydrogen-bond donors (Lipinski definition) is 1. The number of benzene rings is 2. The maximum Gasteiger partial charge on any atom is 0.203 e. The molecule has 0 saturated carbocycles. The van der Waals surface area contributed by atoms with Crippen LogP contribution in [0.15, 0.2) is 36.4 Å². The van der Waals surface area contributed by atoms with Gasteiger partial charge >= 0.3 is 0 Å². The number of hydrogen-bond acceptors (Lipinski definition) is 7. The van der Waals surface area contributed by atoms with Crippen LogP contribution in [0.1, 0.15) is 11.1 Å². The lowest BCUT2D eigenvalue weighted by molar-refractivity contribution is -0.0922. The van der Waals surface area contributed by atoms with Gasteiger partial charge in [0.2, 0.25) is 5.75 Å². The first-order valence-electron chi connectivity index (χ1n) is 9.52. The topological polar surface area (TPSA) is 75.6 Å². The molecular formula is C22H27IO7. The largest absolute Gasteiger partial charge is 0.493 e. The third-order valence-electron chi connectivity index (χ3n) is 5.27. The molecule has 0 aromatic heterocycles. The summed E-state index contributed by atoms with van der Waals surface area (Å²) in [5, 5.41) is 9.42. The van der Waals surface area contributed by atoms with Crippen molar-refractivity contribution in [3.8, 4) is 17.2 Å². The molecule has 1 N–H and O–H groups in total. The van der Waals surface area contributed by atoms with E-state index in [1.165, 1.54) is 0 Å². The third-order valence-corrected chi connectivity index (χ3v) is 6.21. The highest BCUT2D eigenvalue weighted by Crippen LogP contribution is 2.50. The van der Waals surface area contributed by atoms with Gasteiger partial charge in [-0.15, -0.1) is 0 Å². The first-order valence-corrected chi connectivity index (χ1v) is 10.6. The van der Waals surface area contributed by atoms with Crippen molar-refractivity contribution in [1.29, 1.82) is 0 Å². The van der Waals surface area contributed by atoms with Crippen molar-refractivity contribution in [2.75, 3.05) is 48.3 Å². The molecule has 3 rings (SSSR count). The van der Waals surface area contributed by atoms with Gasteiger partial charge in [0.25, 0.3) is 0 Å². The van der Waals surface area contributed by atoms with E-state index in [1.807, 2.05) is 36.4 Å². The van der Waals surface area contributed by atoms with Crippen molar-refractivity contribution in [2.45, 2.75) is 17.8 Å². The molecule has 0 radical (unpaired) electrons. The second-order valence-electron chi connectivity index (χ2n) is 6.73. The first kappa shape index (κ1) is 23.1. The molecule has 1 fully saturated rings. The monoisotopic (exact) mass is 530 g/mol. The fraction of sp³-hybridized carbons (Fsp3) is 0.455. The molecule has 0 amide bonds. The first-order chi connectivity index (χ1) is 14.6. The van der Waals surface area contributed by atoms with Gasteiger partial charge in [-0.2, -0.15) is 0 Å². The van der Waals surface area contributed by atoms with Crippen LogP contribution in [0.3, 0.4) is 0 Å². The van der Waals surface area contributed by atoms with Crippen LogP contribution in [0.2, 0.25) is 0 Å². The van der Waals surface area contributed by atoms with E-state index in [0.29, 0.717) is 23.9 Å². The zero-order valence-electron chi connectivity index (χ0n) is 17.5. The van der Waals surface area contributed by atoms with Crippen LogP contribution in [-0.2, 0) is 19.8 Å². The van der Waals surface area contributed by atoms with Gasteiger partial charge in [0.1, 0.15) is 17.8 Å². The van der Waals surface area contributed by atoms with Crippen LogP contribution in [-0.4, -0.2) is 65.6 Å². The number of aliphatic hydroxyl groups is 1. The molecule has 8 heteroatoms. The second kappa shape index (κ2) is 10.1. The third kappa shape index (κ3) is 3.99. The summed E-state index contributed by atoms with van der Waals surface area (Å²) in [5.74, 6) is 1.53. The minimum atomic E-state index is -1.000. The molecule has 0 aliphatic carbocycles. The van der Waals surface area contributed by atoms with E-state index >= 15 is 0 Å². The Morgan fingerprint density at radius 1 is 1.07 bits per heavy atom. The number of halogens is 1. The summed E-state index contributed by atoms with van der Waals surface area (Å²) in [7, 11) is 6.35. The van der Waals surface area contributed by atoms with Crippen molar-refractivity contribution < 1.29 is 33.5 Å². The van der Waals surface area contributed by atoms with E-state index in [2.05, 4.69) is 22.6 Å². The molecule has 2 aromatic rings. The molecule has 0 bridgehead atoms. The van der Waals surface area contributed by atoms with Crippen LogP contribution in [0.25, 0.3) is 0 Å². The van der Waals surface area contributed by atoms with Crippen LogP contribution < -0.4 is 14.2 Å². The molecule has 30 heavy (non-hydrogen) atoms. The predicted molar refractivity (Wildman–Crippen MR) is 120 cm³/mol. The predicted octanol–water partition coefficient (Wildman–Crippen LogP) is 2.98. The van der Waals surface area contributed by atoms with Crippen molar-refractivity contribution in [3.05, 3.63) is 51.1 Å². The maximum atomic E-state index is 9.42. The second-order valence-corrected chi connectivity index (χ2v) is 7.89. The van der Waals surface area contributed by atoms with Gasteiger partial charge in [0, 0.05) is 16.2 Å². The van der Waals surface area contributed by atoms with Crippen LogP contribution in [0, 0.1) is 3.57 Å². The van der Waals surface area contributed by atoms with Crippen LogP contribution in [0.5, 0.6) is 17.2 Å². The van der Waals surface area contributed by atoms with Gasteiger partial charge in [-0.25, -0.2) is 0 Å². The molecule has 1 heterocycles. The molecule has 164 valence electrons. The Hall–Kier alpha value is -1.59. The maximum absolute atomic E-state index is 9.42. The molecule has 1 aliphatic rings. The molecule has 2 aromatic carbocycles. The highest BCUT2D eigenvalue weighted by atomic mass is 127. The zero-order valence-corrected chi connectivity index (χ0v) is 19.7. The quantitative estimate of drug-likeness (QED) is 0.500. The summed E-state index contributed by atoms with van der Waals surface area (Å²) in [6.07, 6.45) is -0.833.